The van der Waals surface area contributed by atoms with Crippen LogP contribution in [0.5, 0.6) is 0 Å². The molecule has 0 radical (unpaired) electrons. The van der Waals surface area contributed by atoms with Crippen LogP contribution in [0.4, 0.5) is 0 Å². The molecule has 0 saturated carbocycles. The number of amides is 1. The Morgan fingerprint density at radius 3 is 2.95 bits per heavy atom. The van der Waals surface area contributed by atoms with Gasteiger partial charge in [0.1, 0.15) is 11.9 Å². The van der Waals surface area contributed by atoms with Crippen molar-refractivity contribution in [2.24, 2.45) is 0 Å². The molecule has 6 heteroatoms. The number of ether oxygens (including phenoxy) is 1. The lowest BCUT2D eigenvalue weighted by Crippen LogP contribution is -2.36. The topological polar surface area (TPSA) is 84.1 Å². The molecule has 0 aliphatic carbocycles. The Morgan fingerprint density at radius 2 is 2.32 bits per heavy atom. The van der Waals surface area contributed by atoms with Crippen LogP contribution in [-0.4, -0.2) is 35.1 Å². The SMILES string of the molecule is CCCOC(C)C(=O)NCCc1nc(C)cc(=O)[nH]1. The van der Waals surface area contributed by atoms with E-state index in [1.54, 1.807) is 13.8 Å². The molecule has 1 atom stereocenters. The number of aryl methyl sites for hydroxylation is 1. The summed E-state index contributed by atoms with van der Waals surface area (Å²) in [7, 11) is 0. The van der Waals surface area contributed by atoms with Crippen LogP contribution in [0.3, 0.4) is 0 Å². The van der Waals surface area contributed by atoms with Crippen molar-refractivity contribution in [2.45, 2.75) is 39.7 Å². The first-order chi connectivity index (χ1) is 9.02. The van der Waals surface area contributed by atoms with Crippen LogP contribution in [0.15, 0.2) is 10.9 Å². The van der Waals surface area contributed by atoms with E-state index in [4.69, 9.17) is 4.74 Å². The minimum atomic E-state index is -0.454. The van der Waals surface area contributed by atoms with E-state index in [1.165, 1.54) is 6.07 Å². The van der Waals surface area contributed by atoms with Gasteiger partial charge in [-0.25, -0.2) is 4.98 Å². The van der Waals surface area contributed by atoms with E-state index in [2.05, 4.69) is 15.3 Å². The van der Waals surface area contributed by atoms with Crippen LogP contribution in [0, 0.1) is 6.92 Å². The van der Waals surface area contributed by atoms with Gasteiger partial charge in [0.15, 0.2) is 0 Å². The molecular weight excluding hydrogens is 246 g/mol. The van der Waals surface area contributed by atoms with E-state index in [1.807, 2.05) is 6.92 Å². The highest BCUT2D eigenvalue weighted by atomic mass is 16.5. The third kappa shape index (κ3) is 5.65. The lowest BCUT2D eigenvalue weighted by molar-refractivity contribution is -0.131. The lowest BCUT2D eigenvalue weighted by atomic mass is 10.3. The molecule has 19 heavy (non-hydrogen) atoms. The average Bonchev–Trinajstić information content (AvgIpc) is 2.34. The van der Waals surface area contributed by atoms with E-state index >= 15 is 0 Å². The van der Waals surface area contributed by atoms with Crippen molar-refractivity contribution in [3.63, 3.8) is 0 Å². The van der Waals surface area contributed by atoms with Crippen LogP contribution in [0.25, 0.3) is 0 Å². The molecule has 1 aromatic rings. The fourth-order valence-corrected chi connectivity index (χ4v) is 1.58. The second kappa shape index (κ2) is 7.68. The van der Waals surface area contributed by atoms with Gasteiger partial charge in [0.05, 0.1) is 0 Å². The summed E-state index contributed by atoms with van der Waals surface area (Å²) < 4.78 is 5.31. The zero-order chi connectivity index (χ0) is 14.3. The van der Waals surface area contributed by atoms with Crippen LogP contribution in [0.1, 0.15) is 31.8 Å². The number of aromatic nitrogens is 2. The van der Waals surface area contributed by atoms with Gasteiger partial charge in [0.25, 0.3) is 5.56 Å². The summed E-state index contributed by atoms with van der Waals surface area (Å²) in [5, 5.41) is 2.75. The number of nitrogens with zero attached hydrogens (tertiary/aromatic N) is 1. The fourth-order valence-electron chi connectivity index (χ4n) is 1.58. The quantitative estimate of drug-likeness (QED) is 0.755. The van der Waals surface area contributed by atoms with Gasteiger partial charge < -0.3 is 15.0 Å². The van der Waals surface area contributed by atoms with E-state index in [0.29, 0.717) is 31.1 Å². The number of H-pyrrole nitrogens is 1. The number of aromatic amines is 1. The third-order valence-electron chi connectivity index (χ3n) is 2.52. The number of carbonyl (C=O) groups is 1. The molecule has 0 spiro atoms. The van der Waals surface area contributed by atoms with Gasteiger partial charge >= 0.3 is 0 Å². The minimum Gasteiger partial charge on any atom is -0.369 e. The Bertz CT molecular complexity index is 470. The molecule has 1 amide bonds. The van der Waals surface area contributed by atoms with E-state index < -0.39 is 6.10 Å². The highest BCUT2D eigenvalue weighted by Crippen LogP contribution is 1.94. The molecule has 1 unspecified atom stereocenters. The number of hydrogen-bond donors (Lipinski definition) is 2. The molecule has 6 nitrogen and oxygen atoms in total. The summed E-state index contributed by atoms with van der Waals surface area (Å²) in [6.45, 7) is 6.46. The average molecular weight is 267 g/mol. The lowest BCUT2D eigenvalue weighted by Gasteiger charge is -2.12. The molecule has 0 bridgehead atoms. The molecule has 0 aromatic carbocycles. The van der Waals surface area contributed by atoms with Gasteiger partial charge in [0.2, 0.25) is 5.91 Å². The van der Waals surface area contributed by atoms with Crippen molar-refractivity contribution in [1.82, 2.24) is 15.3 Å². The minimum absolute atomic E-state index is 0.150. The first-order valence-electron chi connectivity index (χ1n) is 6.49. The second-order valence-corrected chi connectivity index (χ2v) is 4.39. The van der Waals surface area contributed by atoms with Crippen molar-refractivity contribution in [3.05, 3.63) is 27.9 Å². The molecule has 1 aromatic heterocycles. The molecule has 1 rings (SSSR count). The van der Waals surface area contributed by atoms with Crippen LogP contribution in [-0.2, 0) is 16.0 Å². The van der Waals surface area contributed by atoms with Gasteiger partial charge in [-0.2, -0.15) is 0 Å². The maximum absolute atomic E-state index is 11.6. The highest BCUT2D eigenvalue weighted by Gasteiger charge is 2.12. The maximum Gasteiger partial charge on any atom is 0.251 e. The van der Waals surface area contributed by atoms with Gasteiger partial charge in [-0.3, -0.25) is 9.59 Å². The molecule has 0 aliphatic rings. The van der Waals surface area contributed by atoms with Crippen LogP contribution >= 0.6 is 0 Å². The van der Waals surface area contributed by atoms with Gasteiger partial charge in [-0.15, -0.1) is 0 Å². The highest BCUT2D eigenvalue weighted by molar-refractivity contribution is 5.80. The summed E-state index contributed by atoms with van der Waals surface area (Å²) in [4.78, 5) is 29.7. The van der Waals surface area contributed by atoms with Crippen molar-refractivity contribution in [3.8, 4) is 0 Å². The van der Waals surface area contributed by atoms with Crippen LogP contribution in [0.2, 0.25) is 0 Å². The van der Waals surface area contributed by atoms with E-state index in [0.717, 1.165) is 6.42 Å². The van der Waals surface area contributed by atoms with E-state index in [-0.39, 0.29) is 11.5 Å². The molecule has 0 saturated heterocycles. The monoisotopic (exact) mass is 267 g/mol. The molecular formula is C13H21N3O3. The molecule has 2 N–H and O–H groups in total. The Hall–Kier alpha value is -1.69. The predicted molar refractivity (Wildman–Crippen MR) is 72.0 cm³/mol. The summed E-state index contributed by atoms with van der Waals surface area (Å²) in [6.07, 6.45) is 0.916. The number of hydrogen-bond acceptors (Lipinski definition) is 4. The standard InChI is InChI=1S/C13H21N3O3/c1-4-7-19-10(3)13(18)14-6-5-11-15-9(2)8-12(17)16-11/h8,10H,4-7H2,1-3H3,(H,14,18)(H,15,16,17). The Labute approximate surface area is 112 Å². The molecule has 0 aliphatic heterocycles. The Morgan fingerprint density at radius 1 is 1.58 bits per heavy atom. The third-order valence-corrected chi connectivity index (χ3v) is 2.52. The molecule has 0 fully saturated rings. The second-order valence-electron chi connectivity index (χ2n) is 4.39. The first kappa shape index (κ1) is 15.4. The summed E-state index contributed by atoms with van der Waals surface area (Å²) in [5.74, 6) is 0.427. The zero-order valence-corrected chi connectivity index (χ0v) is 11.7. The normalized spacial score (nSPS) is 12.2. The largest absolute Gasteiger partial charge is 0.369 e. The number of rotatable bonds is 7. The first-order valence-corrected chi connectivity index (χ1v) is 6.49. The molecule has 1 heterocycles. The van der Waals surface area contributed by atoms with Crippen molar-refractivity contribution in [2.75, 3.05) is 13.2 Å². The maximum atomic E-state index is 11.6. The summed E-state index contributed by atoms with van der Waals surface area (Å²) in [6, 6.07) is 1.43. The van der Waals surface area contributed by atoms with Gasteiger partial charge in [0, 0.05) is 31.3 Å². The zero-order valence-electron chi connectivity index (χ0n) is 11.7. The van der Waals surface area contributed by atoms with Gasteiger partial charge in [-0.05, 0) is 20.3 Å². The summed E-state index contributed by atoms with van der Waals surface area (Å²) in [5.41, 5.74) is 0.498. The number of carbonyl (C=O) groups excluding carboxylic acids is 1. The van der Waals surface area contributed by atoms with Gasteiger partial charge in [-0.1, -0.05) is 6.92 Å². The van der Waals surface area contributed by atoms with Crippen molar-refractivity contribution >= 4 is 5.91 Å². The van der Waals surface area contributed by atoms with E-state index in [9.17, 15) is 9.59 Å². The Balaban J connectivity index is 2.37. The molecule has 106 valence electrons. The van der Waals surface area contributed by atoms with Crippen LogP contribution < -0.4 is 10.9 Å². The predicted octanol–water partition coefficient (Wildman–Crippen LogP) is 0.552. The Kier molecular flexibility index (Phi) is 6.21. The fraction of sp³-hybridized carbons (Fsp3) is 0.615. The number of nitrogens with one attached hydrogen (secondary N) is 2. The summed E-state index contributed by atoms with van der Waals surface area (Å²) >= 11 is 0. The van der Waals surface area contributed by atoms with Crippen molar-refractivity contribution < 1.29 is 9.53 Å². The smallest absolute Gasteiger partial charge is 0.251 e. The van der Waals surface area contributed by atoms with Crippen molar-refractivity contribution in [1.29, 1.82) is 0 Å².